The molecular weight excluding hydrogens is 352 g/mol. The van der Waals surface area contributed by atoms with Gasteiger partial charge in [0.15, 0.2) is 6.19 Å². The van der Waals surface area contributed by atoms with Crippen LogP contribution in [0.15, 0.2) is 42.9 Å². The third-order valence-corrected chi connectivity index (χ3v) is 5.91. The number of carbonyl (C=O) groups excluding carboxylic acids is 1. The van der Waals surface area contributed by atoms with Gasteiger partial charge in [0.05, 0.1) is 17.6 Å². The summed E-state index contributed by atoms with van der Waals surface area (Å²) in [5.74, 6) is 0.671. The summed E-state index contributed by atoms with van der Waals surface area (Å²) in [6.07, 6.45) is 10.4. The van der Waals surface area contributed by atoms with Crippen molar-refractivity contribution < 1.29 is 4.79 Å². The molecule has 3 aromatic rings. The molecule has 28 heavy (non-hydrogen) atoms. The molecule has 3 atom stereocenters. The molecule has 2 fully saturated rings. The number of carbonyl (C=O) groups is 1. The third kappa shape index (κ3) is 2.61. The van der Waals surface area contributed by atoms with E-state index in [2.05, 4.69) is 21.5 Å². The first-order valence-corrected chi connectivity index (χ1v) is 9.53. The predicted molar refractivity (Wildman–Crippen MR) is 104 cm³/mol. The van der Waals surface area contributed by atoms with E-state index in [1.807, 2.05) is 46.9 Å². The van der Waals surface area contributed by atoms with Gasteiger partial charge >= 0.3 is 0 Å². The monoisotopic (exact) mass is 372 g/mol. The molecule has 0 radical (unpaired) electrons. The molecule has 0 spiro atoms. The van der Waals surface area contributed by atoms with Crippen LogP contribution in [-0.2, 0) is 0 Å². The van der Waals surface area contributed by atoms with Crippen LogP contribution in [0.1, 0.15) is 35.2 Å². The topological polar surface area (TPSA) is 86.8 Å². The highest BCUT2D eigenvalue weighted by atomic mass is 16.1. The van der Waals surface area contributed by atoms with E-state index in [0.29, 0.717) is 5.56 Å². The van der Waals surface area contributed by atoms with Gasteiger partial charge in [-0.1, -0.05) is 0 Å². The van der Waals surface area contributed by atoms with Crippen LogP contribution >= 0.6 is 0 Å². The number of nitrogens with zero attached hydrogens (tertiary/aromatic N) is 5. The fraction of sp³-hybridized carbons (Fsp3) is 0.333. The summed E-state index contributed by atoms with van der Waals surface area (Å²) >= 11 is 0. The Labute approximate surface area is 162 Å². The number of fused-ring (bicyclic) bond motifs is 3. The first-order valence-electron chi connectivity index (χ1n) is 9.53. The second kappa shape index (κ2) is 6.34. The largest absolute Gasteiger partial charge is 0.347 e. The number of aromatic nitrogens is 3. The number of nitriles is 1. The number of hydrogen-bond donors (Lipinski definition) is 1. The van der Waals surface area contributed by atoms with E-state index in [9.17, 15) is 10.1 Å². The molecule has 7 heteroatoms. The lowest BCUT2D eigenvalue weighted by Gasteiger charge is -2.21. The maximum Gasteiger partial charge on any atom is 0.253 e. The minimum atomic E-state index is -0.133. The highest BCUT2D eigenvalue weighted by molar-refractivity contribution is 5.97. The molecule has 2 saturated heterocycles. The van der Waals surface area contributed by atoms with Crippen LogP contribution in [-0.4, -0.2) is 43.5 Å². The third-order valence-electron chi connectivity index (χ3n) is 5.91. The fourth-order valence-corrected chi connectivity index (χ4v) is 4.54. The van der Waals surface area contributed by atoms with Crippen molar-refractivity contribution in [2.45, 2.75) is 44.3 Å². The van der Waals surface area contributed by atoms with E-state index < -0.39 is 0 Å². The van der Waals surface area contributed by atoms with Gasteiger partial charge in [0.2, 0.25) is 0 Å². The number of amides is 1. The predicted octanol–water partition coefficient (Wildman–Crippen LogP) is 2.55. The van der Waals surface area contributed by atoms with Crippen LogP contribution < -0.4 is 5.32 Å². The molecule has 2 aliphatic rings. The van der Waals surface area contributed by atoms with Crippen molar-refractivity contribution in [3.63, 3.8) is 0 Å². The van der Waals surface area contributed by atoms with Crippen LogP contribution in [0.25, 0.3) is 16.9 Å². The summed E-state index contributed by atoms with van der Waals surface area (Å²) in [6.45, 7) is 2.02. The highest BCUT2D eigenvalue weighted by Gasteiger charge is 2.46. The van der Waals surface area contributed by atoms with Crippen LogP contribution in [0.2, 0.25) is 0 Å². The molecule has 0 unspecified atom stereocenters. The van der Waals surface area contributed by atoms with Gasteiger partial charge in [-0.3, -0.25) is 9.36 Å². The van der Waals surface area contributed by atoms with Gasteiger partial charge in [0, 0.05) is 30.0 Å². The second-order valence-corrected chi connectivity index (χ2v) is 7.64. The molecular formula is C21H20N6O. The van der Waals surface area contributed by atoms with Gasteiger partial charge in [-0.25, -0.2) is 9.97 Å². The molecule has 0 aromatic carbocycles. The number of nitrogens with one attached hydrogen (secondary N) is 1. The quantitative estimate of drug-likeness (QED) is 0.714. The summed E-state index contributed by atoms with van der Waals surface area (Å²) < 4.78 is 1.92. The minimum Gasteiger partial charge on any atom is -0.347 e. The van der Waals surface area contributed by atoms with Crippen molar-refractivity contribution in [2.75, 3.05) is 0 Å². The van der Waals surface area contributed by atoms with Gasteiger partial charge in [-0.15, -0.1) is 0 Å². The molecule has 2 aliphatic heterocycles. The Morgan fingerprint density at radius 1 is 1.29 bits per heavy atom. The summed E-state index contributed by atoms with van der Waals surface area (Å²) in [5.41, 5.74) is 2.43. The van der Waals surface area contributed by atoms with Gasteiger partial charge in [-0.05, 0) is 56.0 Å². The SMILES string of the molecule is Cc1ccnc(-n2ccc3cc(C(=O)N[C@@H]4C[C@@H]5CC[C@H]4N5C#N)cnc32)c1. The van der Waals surface area contributed by atoms with Crippen LogP contribution in [0.4, 0.5) is 0 Å². The Balaban J connectivity index is 1.39. The summed E-state index contributed by atoms with van der Waals surface area (Å²) in [4.78, 5) is 23.5. The standard InChI is InChI=1S/C21H20N6O/c1-13-4-6-23-19(8-13)26-7-5-14-9-15(11-24-20(14)26)21(28)25-17-10-16-2-3-18(17)27(16)12-22/h4-9,11,16-18H,2-3,10H2,1H3,(H,25,28)/t16-,17+,18+/m0/s1. The fourth-order valence-electron chi connectivity index (χ4n) is 4.54. The molecule has 2 bridgehead atoms. The summed E-state index contributed by atoms with van der Waals surface area (Å²) in [5, 5.41) is 13.3. The van der Waals surface area contributed by atoms with Gasteiger partial charge in [0.25, 0.3) is 5.91 Å². The molecule has 1 N–H and O–H groups in total. The van der Waals surface area contributed by atoms with Crippen molar-refractivity contribution in [1.82, 2.24) is 24.8 Å². The van der Waals surface area contributed by atoms with Crippen molar-refractivity contribution in [3.8, 4) is 12.0 Å². The van der Waals surface area contributed by atoms with E-state index in [-0.39, 0.29) is 24.0 Å². The Kier molecular flexibility index (Phi) is 3.79. The maximum atomic E-state index is 12.8. The summed E-state index contributed by atoms with van der Waals surface area (Å²) in [7, 11) is 0. The van der Waals surface area contributed by atoms with Crippen LogP contribution in [0.5, 0.6) is 0 Å². The number of pyridine rings is 2. The Morgan fingerprint density at radius 2 is 2.18 bits per heavy atom. The van der Waals surface area contributed by atoms with Gasteiger partial charge in [0.1, 0.15) is 11.5 Å². The Bertz CT molecular complexity index is 1110. The van der Waals surface area contributed by atoms with Crippen molar-refractivity contribution in [2.24, 2.45) is 0 Å². The maximum absolute atomic E-state index is 12.8. The smallest absolute Gasteiger partial charge is 0.253 e. The molecule has 3 aromatic heterocycles. The average molecular weight is 372 g/mol. The molecule has 0 saturated carbocycles. The zero-order valence-electron chi connectivity index (χ0n) is 15.5. The number of hydrogen-bond acceptors (Lipinski definition) is 5. The molecule has 5 heterocycles. The van der Waals surface area contributed by atoms with Crippen LogP contribution in [0, 0.1) is 18.4 Å². The molecule has 0 aliphatic carbocycles. The summed E-state index contributed by atoms with van der Waals surface area (Å²) in [6, 6.07) is 8.19. The first-order chi connectivity index (χ1) is 13.6. The van der Waals surface area contributed by atoms with Gasteiger partial charge in [-0.2, -0.15) is 5.26 Å². The van der Waals surface area contributed by atoms with Gasteiger partial charge < -0.3 is 10.2 Å². The minimum absolute atomic E-state index is 0.0303. The van der Waals surface area contributed by atoms with E-state index in [1.54, 1.807) is 12.4 Å². The Morgan fingerprint density at radius 3 is 2.96 bits per heavy atom. The van der Waals surface area contributed by atoms with Crippen LogP contribution in [0.3, 0.4) is 0 Å². The van der Waals surface area contributed by atoms with E-state index in [4.69, 9.17) is 0 Å². The van der Waals surface area contributed by atoms with E-state index in [0.717, 1.165) is 41.7 Å². The molecule has 7 nitrogen and oxygen atoms in total. The lowest BCUT2D eigenvalue weighted by Crippen LogP contribution is -2.43. The number of rotatable bonds is 3. The second-order valence-electron chi connectivity index (χ2n) is 7.64. The zero-order chi connectivity index (χ0) is 19.3. The molecule has 140 valence electrons. The normalized spacial score (nSPS) is 23.1. The van der Waals surface area contributed by atoms with Crippen molar-refractivity contribution in [1.29, 1.82) is 5.26 Å². The average Bonchev–Trinajstić information content (AvgIpc) is 3.39. The lowest BCUT2D eigenvalue weighted by molar-refractivity contribution is 0.0928. The van der Waals surface area contributed by atoms with E-state index >= 15 is 0 Å². The number of aryl methyl sites for hydroxylation is 1. The van der Waals surface area contributed by atoms with Crippen molar-refractivity contribution >= 4 is 16.9 Å². The Hall–Kier alpha value is -3.40. The molecule has 5 rings (SSSR count). The zero-order valence-corrected chi connectivity index (χ0v) is 15.5. The lowest BCUT2D eigenvalue weighted by atomic mass is 9.95. The highest BCUT2D eigenvalue weighted by Crippen LogP contribution is 2.37. The molecule has 1 amide bonds. The first kappa shape index (κ1) is 16.8. The van der Waals surface area contributed by atoms with Crippen molar-refractivity contribution in [3.05, 3.63) is 54.0 Å². The van der Waals surface area contributed by atoms with E-state index in [1.165, 1.54) is 0 Å².